The van der Waals surface area contributed by atoms with E-state index in [1.165, 1.54) is 6.07 Å². The van der Waals surface area contributed by atoms with Gasteiger partial charge in [0, 0.05) is 11.8 Å². The number of nitrogens with two attached hydrogens (primary N) is 1. The van der Waals surface area contributed by atoms with Crippen molar-refractivity contribution in [3.05, 3.63) is 28.5 Å². The molecule has 1 fully saturated rings. The fraction of sp³-hybridized carbons (Fsp3) is 0.417. The van der Waals surface area contributed by atoms with Crippen LogP contribution in [0.4, 0.5) is 4.39 Å². The van der Waals surface area contributed by atoms with E-state index in [0.717, 1.165) is 19.3 Å². The molecule has 1 aromatic rings. The molecule has 1 saturated carbocycles. The highest BCUT2D eigenvalue weighted by Gasteiger charge is 2.43. The zero-order valence-corrected chi connectivity index (χ0v) is 11.6. The van der Waals surface area contributed by atoms with Gasteiger partial charge in [-0.3, -0.25) is 0 Å². The summed E-state index contributed by atoms with van der Waals surface area (Å²) in [6, 6.07) is 4.63. The highest BCUT2D eigenvalue weighted by Crippen LogP contribution is 2.49. The Labute approximate surface area is 113 Å². The molecular formula is C12H13BrFNOS. The second kappa shape index (κ2) is 4.90. The lowest BCUT2D eigenvalue weighted by Gasteiger charge is -2.15. The van der Waals surface area contributed by atoms with Gasteiger partial charge in [-0.05, 0) is 47.0 Å². The molecule has 0 saturated heterocycles. The summed E-state index contributed by atoms with van der Waals surface area (Å²) in [5.74, 6) is 0.370. The quantitative estimate of drug-likeness (QED) is 0.845. The normalized spacial score (nSPS) is 16.6. The minimum absolute atomic E-state index is 0.118. The van der Waals surface area contributed by atoms with Crippen LogP contribution in [0.15, 0.2) is 22.7 Å². The molecule has 0 atom stereocenters. The first-order valence-electron chi connectivity index (χ1n) is 5.37. The number of hydrogen-bond donors (Lipinski definition) is 1. The average Bonchev–Trinajstić information content (AvgIpc) is 2.99. The molecule has 1 aliphatic carbocycles. The molecule has 0 aliphatic heterocycles. The zero-order chi connectivity index (χ0) is 12.5. The van der Waals surface area contributed by atoms with Crippen LogP contribution < -0.4 is 10.5 Å². The van der Waals surface area contributed by atoms with Crippen LogP contribution in [-0.2, 0) is 0 Å². The SMILES string of the molecule is NC(=S)CC1(COc2ccc(F)c(Br)c2)CC1. The van der Waals surface area contributed by atoms with Crippen LogP contribution >= 0.6 is 28.1 Å². The molecule has 0 amide bonds. The smallest absolute Gasteiger partial charge is 0.137 e. The molecular weight excluding hydrogens is 305 g/mol. The van der Waals surface area contributed by atoms with Gasteiger partial charge >= 0.3 is 0 Å². The van der Waals surface area contributed by atoms with Crippen LogP contribution in [0.3, 0.4) is 0 Å². The maximum atomic E-state index is 13.0. The third-order valence-corrected chi connectivity index (χ3v) is 3.69. The van der Waals surface area contributed by atoms with Gasteiger partial charge in [-0.15, -0.1) is 0 Å². The second-order valence-corrected chi connectivity index (χ2v) is 5.89. The molecule has 2 N–H and O–H groups in total. The van der Waals surface area contributed by atoms with Gasteiger partial charge in [-0.1, -0.05) is 12.2 Å². The van der Waals surface area contributed by atoms with E-state index in [1.54, 1.807) is 12.1 Å². The molecule has 17 heavy (non-hydrogen) atoms. The molecule has 0 heterocycles. The number of benzene rings is 1. The van der Waals surface area contributed by atoms with Crippen molar-refractivity contribution in [1.29, 1.82) is 0 Å². The molecule has 92 valence electrons. The third-order valence-electron chi connectivity index (χ3n) is 2.94. The maximum absolute atomic E-state index is 13.0. The second-order valence-electron chi connectivity index (χ2n) is 4.51. The van der Waals surface area contributed by atoms with E-state index in [9.17, 15) is 4.39 Å². The van der Waals surface area contributed by atoms with Gasteiger partial charge in [-0.2, -0.15) is 0 Å². The fourth-order valence-electron chi connectivity index (χ4n) is 1.72. The lowest BCUT2D eigenvalue weighted by atomic mass is 10.0. The van der Waals surface area contributed by atoms with Gasteiger partial charge < -0.3 is 10.5 Å². The van der Waals surface area contributed by atoms with Crippen molar-refractivity contribution in [2.75, 3.05) is 6.61 Å². The molecule has 0 radical (unpaired) electrons. The Balaban J connectivity index is 1.94. The number of thiocarbonyl (C=S) groups is 1. The Morgan fingerprint density at radius 3 is 2.76 bits per heavy atom. The molecule has 2 rings (SSSR count). The van der Waals surface area contributed by atoms with Crippen LogP contribution in [0, 0.1) is 11.2 Å². The lowest BCUT2D eigenvalue weighted by molar-refractivity contribution is 0.238. The Kier molecular flexibility index (Phi) is 3.68. The number of ether oxygens (including phenoxy) is 1. The summed E-state index contributed by atoms with van der Waals surface area (Å²) < 4.78 is 19.1. The first-order valence-corrected chi connectivity index (χ1v) is 6.57. The standard InChI is InChI=1S/C12H13BrFNOS/c13-9-5-8(1-2-10(9)14)16-7-12(3-4-12)6-11(15)17/h1-2,5H,3-4,6-7H2,(H2,15,17). The van der Waals surface area contributed by atoms with Crippen LogP contribution in [-0.4, -0.2) is 11.6 Å². The van der Waals surface area contributed by atoms with Gasteiger partial charge in [0.05, 0.1) is 16.1 Å². The molecule has 0 aromatic heterocycles. The minimum Gasteiger partial charge on any atom is -0.493 e. The zero-order valence-electron chi connectivity index (χ0n) is 9.21. The molecule has 0 spiro atoms. The van der Waals surface area contributed by atoms with Crippen LogP contribution in [0.25, 0.3) is 0 Å². The molecule has 1 aromatic carbocycles. The van der Waals surface area contributed by atoms with Crippen LogP contribution in [0.5, 0.6) is 5.75 Å². The van der Waals surface area contributed by atoms with Crippen molar-refractivity contribution in [1.82, 2.24) is 0 Å². The van der Waals surface area contributed by atoms with Crippen LogP contribution in [0.2, 0.25) is 0 Å². The van der Waals surface area contributed by atoms with Crippen molar-refractivity contribution in [2.24, 2.45) is 11.1 Å². The van der Waals surface area contributed by atoms with E-state index in [-0.39, 0.29) is 11.2 Å². The van der Waals surface area contributed by atoms with Crippen molar-refractivity contribution < 1.29 is 9.13 Å². The number of hydrogen-bond acceptors (Lipinski definition) is 2. The summed E-state index contributed by atoms with van der Waals surface area (Å²) >= 11 is 8.04. The number of halogens is 2. The first-order chi connectivity index (χ1) is 8.01. The fourth-order valence-corrected chi connectivity index (χ4v) is 2.39. The summed E-state index contributed by atoms with van der Waals surface area (Å²) in [4.78, 5) is 0.534. The highest BCUT2D eigenvalue weighted by molar-refractivity contribution is 9.10. The molecule has 5 heteroatoms. The maximum Gasteiger partial charge on any atom is 0.137 e. The van der Waals surface area contributed by atoms with Crippen molar-refractivity contribution in [3.63, 3.8) is 0 Å². The van der Waals surface area contributed by atoms with Crippen molar-refractivity contribution in [2.45, 2.75) is 19.3 Å². The van der Waals surface area contributed by atoms with Gasteiger partial charge in [-0.25, -0.2) is 4.39 Å². The van der Waals surface area contributed by atoms with Crippen molar-refractivity contribution in [3.8, 4) is 5.75 Å². The monoisotopic (exact) mass is 317 g/mol. The van der Waals surface area contributed by atoms with Gasteiger partial charge in [0.15, 0.2) is 0 Å². The topological polar surface area (TPSA) is 35.2 Å². The van der Waals surface area contributed by atoms with Gasteiger partial charge in [0.25, 0.3) is 0 Å². The summed E-state index contributed by atoms with van der Waals surface area (Å²) in [6.45, 7) is 0.586. The molecule has 2 nitrogen and oxygen atoms in total. The predicted molar refractivity (Wildman–Crippen MR) is 72.7 cm³/mol. The molecule has 0 bridgehead atoms. The Hall–Kier alpha value is -0.680. The Bertz CT molecular complexity index is 448. The Morgan fingerprint density at radius 1 is 1.53 bits per heavy atom. The lowest BCUT2D eigenvalue weighted by Crippen LogP contribution is -2.21. The first kappa shape index (κ1) is 12.8. The molecule has 0 unspecified atom stereocenters. The largest absolute Gasteiger partial charge is 0.493 e. The Morgan fingerprint density at radius 2 is 2.24 bits per heavy atom. The average molecular weight is 318 g/mol. The van der Waals surface area contributed by atoms with E-state index in [1.807, 2.05) is 0 Å². The van der Waals surface area contributed by atoms with Crippen molar-refractivity contribution >= 4 is 33.1 Å². The summed E-state index contributed by atoms with van der Waals surface area (Å²) in [5, 5.41) is 0. The van der Waals surface area contributed by atoms with E-state index in [0.29, 0.717) is 21.8 Å². The van der Waals surface area contributed by atoms with E-state index >= 15 is 0 Å². The highest BCUT2D eigenvalue weighted by atomic mass is 79.9. The predicted octanol–water partition coefficient (Wildman–Crippen LogP) is 3.42. The van der Waals surface area contributed by atoms with E-state index in [4.69, 9.17) is 22.7 Å². The number of rotatable bonds is 5. The summed E-state index contributed by atoms with van der Waals surface area (Å²) in [7, 11) is 0. The minimum atomic E-state index is -0.290. The van der Waals surface area contributed by atoms with Gasteiger partial charge in [0.2, 0.25) is 0 Å². The van der Waals surface area contributed by atoms with E-state index < -0.39 is 0 Å². The van der Waals surface area contributed by atoms with Crippen LogP contribution in [0.1, 0.15) is 19.3 Å². The van der Waals surface area contributed by atoms with Gasteiger partial charge in [0.1, 0.15) is 11.6 Å². The molecule has 1 aliphatic rings. The van der Waals surface area contributed by atoms with E-state index in [2.05, 4.69) is 15.9 Å². The summed E-state index contributed by atoms with van der Waals surface area (Å²) in [5.41, 5.74) is 5.67. The third kappa shape index (κ3) is 3.39. The summed E-state index contributed by atoms with van der Waals surface area (Å²) in [6.07, 6.45) is 2.91.